The van der Waals surface area contributed by atoms with Gasteiger partial charge in [-0.1, -0.05) is 6.07 Å². The molecule has 1 fully saturated rings. The Morgan fingerprint density at radius 3 is 2.67 bits per heavy atom. The maximum Gasteiger partial charge on any atom is 0.0480 e. The molecule has 3 rings (SSSR count). The van der Waals surface area contributed by atoms with Crippen LogP contribution in [0.25, 0.3) is 10.9 Å². The van der Waals surface area contributed by atoms with Crippen LogP contribution in [0.4, 0.5) is 0 Å². The molecule has 0 atom stereocenters. The van der Waals surface area contributed by atoms with Crippen LogP contribution in [-0.2, 0) is 13.1 Å². The van der Waals surface area contributed by atoms with E-state index in [4.69, 9.17) is 5.73 Å². The quantitative estimate of drug-likeness (QED) is 0.893. The number of benzene rings is 1. The summed E-state index contributed by atoms with van der Waals surface area (Å²) < 4.78 is 2.36. The number of aromatic nitrogens is 1. The van der Waals surface area contributed by atoms with Gasteiger partial charge in [0.25, 0.3) is 0 Å². The lowest BCUT2D eigenvalue weighted by Crippen LogP contribution is -2.23. The molecule has 2 N–H and O–H groups in total. The van der Waals surface area contributed by atoms with Crippen molar-refractivity contribution in [3.63, 3.8) is 0 Å². The van der Waals surface area contributed by atoms with Gasteiger partial charge in [-0.2, -0.15) is 0 Å². The SMILES string of the molecule is NCc1ccc2c(ccn2CCN2CCCC2)c1. The van der Waals surface area contributed by atoms with Crippen molar-refractivity contribution in [2.24, 2.45) is 5.73 Å². The highest BCUT2D eigenvalue weighted by Gasteiger charge is 2.11. The predicted molar refractivity (Wildman–Crippen MR) is 75.5 cm³/mol. The van der Waals surface area contributed by atoms with E-state index >= 15 is 0 Å². The average molecular weight is 243 g/mol. The van der Waals surface area contributed by atoms with Gasteiger partial charge in [-0.15, -0.1) is 0 Å². The molecule has 2 aromatic rings. The van der Waals surface area contributed by atoms with Gasteiger partial charge in [0.1, 0.15) is 0 Å². The van der Waals surface area contributed by atoms with Gasteiger partial charge in [0, 0.05) is 31.3 Å². The second-order valence-corrected chi connectivity index (χ2v) is 5.16. The highest BCUT2D eigenvalue weighted by atomic mass is 15.2. The van der Waals surface area contributed by atoms with E-state index in [0.717, 1.165) is 6.54 Å². The summed E-state index contributed by atoms with van der Waals surface area (Å²) in [5.74, 6) is 0. The minimum absolute atomic E-state index is 0.620. The molecule has 1 aromatic carbocycles. The van der Waals surface area contributed by atoms with E-state index < -0.39 is 0 Å². The third-order valence-corrected chi connectivity index (χ3v) is 3.93. The molecule has 0 bridgehead atoms. The van der Waals surface area contributed by atoms with Crippen molar-refractivity contribution in [1.29, 1.82) is 0 Å². The predicted octanol–water partition coefficient (Wildman–Crippen LogP) is 2.20. The number of nitrogens with two attached hydrogens (primary N) is 1. The smallest absolute Gasteiger partial charge is 0.0480 e. The van der Waals surface area contributed by atoms with E-state index in [1.165, 1.54) is 48.9 Å². The lowest BCUT2D eigenvalue weighted by Gasteiger charge is -2.15. The van der Waals surface area contributed by atoms with Gasteiger partial charge in [0.05, 0.1) is 0 Å². The van der Waals surface area contributed by atoms with Crippen molar-refractivity contribution < 1.29 is 0 Å². The zero-order valence-corrected chi connectivity index (χ0v) is 10.8. The van der Waals surface area contributed by atoms with Gasteiger partial charge in [0.15, 0.2) is 0 Å². The summed E-state index contributed by atoms with van der Waals surface area (Å²) in [4.78, 5) is 2.56. The third kappa shape index (κ3) is 2.28. The van der Waals surface area contributed by atoms with E-state index in [-0.39, 0.29) is 0 Å². The molecule has 1 aliphatic heterocycles. The Kier molecular flexibility index (Phi) is 3.35. The highest BCUT2D eigenvalue weighted by Crippen LogP contribution is 2.18. The van der Waals surface area contributed by atoms with Crippen LogP contribution in [0, 0.1) is 0 Å². The number of likely N-dealkylation sites (tertiary alicyclic amines) is 1. The molecule has 0 unspecified atom stereocenters. The van der Waals surface area contributed by atoms with Crippen LogP contribution in [0.3, 0.4) is 0 Å². The van der Waals surface area contributed by atoms with Crippen LogP contribution in [0.2, 0.25) is 0 Å². The molecule has 3 nitrogen and oxygen atoms in total. The summed E-state index contributed by atoms with van der Waals surface area (Å²) in [6.45, 7) is 5.43. The second-order valence-electron chi connectivity index (χ2n) is 5.16. The Bertz CT molecular complexity index is 524. The first kappa shape index (κ1) is 11.8. The van der Waals surface area contributed by atoms with Crippen LogP contribution in [-0.4, -0.2) is 29.1 Å². The molecule has 0 spiro atoms. The lowest BCUT2D eigenvalue weighted by atomic mass is 10.1. The maximum absolute atomic E-state index is 5.68. The zero-order valence-electron chi connectivity index (χ0n) is 10.8. The Balaban J connectivity index is 1.75. The number of nitrogens with zero attached hydrogens (tertiary/aromatic N) is 2. The molecule has 0 aliphatic carbocycles. The van der Waals surface area contributed by atoms with Crippen molar-refractivity contribution >= 4 is 10.9 Å². The van der Waals surface area contributed by atoms with E-state index in [1.807, 2.05) is 0 Å². The first-order valence-electron chi connectivity index (χ1n) is 6.87. The summed E-state index contributed by atoms with van der Waals surface area (Å²) in [7, 11) is 0. The first-order valence-corrected chi connectivity index (χ1v) is 6.87. The Morgan fingerprint density at radius 1 is 1.06 bits per heavy atom. The van der Waals surface area contributed by atoms with Gasteiger partial charge in [-0.05, 0) is 55.1 Å². The van der Waals surface area contributed by atoms with Gasteiger partial charge >= 0.3 is 0 Å². The van der Waals surface area contributed by atoms with Gasteiger partial charge < -0.3 is 15.2 Å². The summed E-state index contributed by atoms with van der Waals surface area (Å²) in [5.41, 5.74) is 8.21. The molecule has 96 valence electrons. The molecule has 1 aromatic heterocycles. The van der Waals surface area contributed by atoms with E-state index in [9.17, 15) is 0 Å². The van der Waals surface area contributed by atoms with E-state index in [1.54, 1.807) is 0 Å². The Labute approximate surface area is 108 Å². The molecular formula is C15H21N3. The number of fused-ring (bicyclic) bond motifs is 1. The van der Waals surface area contributed by atoms with E-state index in [2.05, 4.69) is 39.9 Å². The standard InChI is InChI=1S/C15H21N3/c16-12-13-3-4-15-14(11-13)5-8-18(15)10-9-17-6-1-2-7-17/h3-5,8,11H,1-2,6-7,9-10,12,16H2. The molecule has 0 amide bonds. The number of hydrogen-bond donors (Lipinski definition) is 1. The molecule has 0 saturated carbocycles. The number of rotatable bonds is 4. The zero-order chi connectivity index (χ0) is 12.4. The second kappa shape index (κ2) is 5.12. The molecule has 2 heterocycles. The molecule has 3 heteroatoms. The van der Waals surface area contributed by atoms with Crippen LogP contribution in [0.1, 0.15) is 18.4 Å². The maximum atomic E-state index is 5.68. The van der Waals surface area contributed by atoms with Crippen LogP contribution < -0.4 is 5.73 Å². The van der Waals surface area contributed by atoms with Crippen molar-refractivity contribution in [3.8, 4) is 0 Å². The summed E-state index contributed by atoms with van der Waals surface area (Å²) in [5, 5.41) is 1.30. The van der Waals surface area contributed by atoms with Crippen molar-refractivity contribution in [2.45, 2.75) is 25.9 Å². The van der Waals surface area contributed by atoms with Crippen molar-refractivity contribution in [2.75, 3.05) is 19.6 Å². The van der Waals surface area contributed by atoms with E-state index in [0.29, 0.717) is 6.54 Å². The summed E-state index contributed by atoms with van der Waals surface area (Å²) in [6, 6.07) is 8.72. The largest absolute Gasteiger partial charge is 0.346 e. The van der Waals surface area contributed by atoms with Gasteiger partial charge in [-0.3, -0.25) is 0 Å². The number of hydrogen-bond acceptors (Lipinski definition) is 2. The third-order valence-electron chi connectivity index (χ3n) is 3.93. The monoisotopic (exact) mass is 243 g/mol. The first-order chi connectivity index (χ1) is 8.86. The normalized spacial score (nSPS) is 16.7. The molecular weight excluding hydrogens is 222 g/mol. The minimum Gasteiger partial charge on any atom is -0.346 e. The molecule has 18 heavy (non-hydrogen) atoms. The molecule has 1 aliphatic rings. The van der Waals surface area contributed by atoms with Crippen LogP contribution >= 0.6 is 0 Å². The summed E-state index contributed by atoms with van der Waals surface area (Å²) >= 11 is 0. The van der Waals surface area contributed by atoms with Gasteiger partial charge in [0.2, 0.25) is 0 Å². The topological polar surface area (TPSA) is 34.2 Å². The molecule has 1 saturated heterocycles. The van der Waals surface area contributed by atoms with Crippen LogP contribution in [0.5, 0.6) is 0 Å². The fourth-order valence-electron chi connectivity index (χ4n) is 2.83. The van der Waals surface area contributed by atoms with Crippen LogP contribution in [0.15, 0.2) is 30.5 Å². The fourth-order valence-corrected chi connectivity index (χ4v) is 2.83. The summed E-state index contributed by atoms with van der Waals surface area (Å²) in [6.07, 6.45) is 4.93. The molecule has 0 radical (unpaired) electrons. The van der Waals surface area contributed by atoms with Crippen molar-refractivity contribution in [3.05, 3.63) is 36.0 Å². The minimum atomic E-state index is 0.620. The Hall–Kier alpha value is -1.32. The lowest BCUT2D eigenvalue weighted by molar-refractivity contribution is 0.324. The van der Waals surface area contributed by atoms with Gasteiger partial charge in [-0.25, -0.2) is 0 Å². The fraction of sp³-hybridized carbons (Fsp3) is 0.467. The van der Waals surface area contributed by atoms with Crippen molar-refractivity contribution in [1.82, 2.24) is 9.47 Å². The highest BCUT2D eigenvalue weighted by molar-refractivity contribution is 5.80. The average Bonchev–Trinajstić information content (AvgIpc) is 3.05. The Morgan fingerprint density at radius 2 is 1.89 bits per heavy atom.